The van der Waals surface area contributed by atoms with Crippen LogP contribution in [0.25, 0.3) is 0 Å². The maximum absolute atomic E-state index is 11.8. The number of benzene rings is 1. The molecule has 1 aliphatic carbocycles. The van der Waals surface area contributed by atoms with Crippen molar-refractivity contribution in [2.45, 2.75) is 77.0 Å². The van der Waals surface area contributed by atoms with E-state index in [1.807, 2.05) is 26.0 Å². The molecule has 0 radical (unpaired) electrons. The number of rotatable bonds is 7. The first-order chi connectivity index (χ1) is 10.6. The molecule has 0 heterocycles. The van der Waals surface area contributed by atoms with Crippen LogP contribution in [0.4, 0.5) is 0 Å². The standard InChI is InChI=1S/C20H28O2/c1-3-18(21)12-15-20(13-6-5-7-14-20)17-10-8-16(9-11-17)19(22)4-2/h8-11H,3-7,12-15H2,1-2H3. The Hall–Kier alpha value is -1.44. The van der Waals surface area contributed by atoms with E-state index < -0.39 is 0 Å². The first kappa shape index (κ1) is 16.9. The van der Waals surface area contributed by atoms with Crippen LogP contribution in [-0.2, 0) is 10.2 Å². The van der Waals surface area contributed by atoms with Crippen molar-refractivity contribution < 1.29 is 9.59 Å². The highest BCUT2D eigenvalue weighted by Crippen LogP contribution is 2.43. The van der Waals surface area contributed by atoms with E-state index in [1.54, 1.807) is 0 Å². The number of hydrogen-bond acceptors (Lipinski definition) is 2. The molecule has 0 bridgehead atoms. The Morgan fingerprint density at radius 3 is 2.14 bits per heavy atom. The summed E-state index contributed by atoms with van der Waals surface area (Å²) in [5.41, 5.74) is 2.28. The van der Waals surface area contributed by atoms with E-state index in [0.29, 0.717) is 25.0 Å². The lowest BCUT2D eigenvalue weighted by molar-refractivity contribution is -0.119. The Bertz CT molecular complexity index is 507. The number of hydrogen-bond donors (Lipinski definition) is 0. The number of carbonyl (C=O) groups excluding carboxylic acids is 2. The van der Waals surface area contributed by atoms with Gasteiger partial charge in [0.2, 0.25) is 0 Å². The average Bonchev–Trinajstić information content (AvgIpc) is 2.59. The summed E-state index contributed by atoms with van der Waals surface area (Å²) in [5, 5.41) is 0. The van der Waals surface area contributed by atoms with Gasteiger partial charge in [-0.25, -0.2) is 0 Å². The highest BCUT2D eigenvalue weighted by atomic mass is 16.1. The maximum Gasteiger partial charge on any atom is 0.162 e. The van der Waals surface area contributed by atoms with Crippen LogP contribution < -0.4 is 0 Å². The smallest absolute Gasteiger partial charge is 0.162 e. The Labute approximate surface area is 134 Å². The second-order valence-corrected chi connectivity index (χ2v) is 6.59. The molecule has 0 N–H and O–H groups in total. The van der Waals surface area contributed by atoms with Gasteiger partial charge in [-0.1, -0.05) is 57.4 Å². The lowest BCUT2D eigenvalue weighted by Gasteiger charge is -2.38. The first-order valence-corrected chi connectivity index (χ1v) is 8.77. The summed E-state index contributed by atoms with van der Waals surface area (Å²) in [5.74, 6) is 0.563. The number of carbonyl (C=O) groups is 2. The lowest BCUT2D eigenvalue weighted by Crippen LogP contribution is -2.30. The topological polar surface area (TPSA) is 34.1 Å². The molecule has 2 nitrogen and oxygen atoms in total. The van der Waals surface area contributed by atoms with Gasteiger partial charge >= 0.3 is 0 Å². The minimum absolute atomic E-state index is 0.150. The largest absolute Gasteiger partial charge is 0.300 e. The molecular weight excluding hydrogens is 272 g/mol. The third-order valence-electron chi connectivity index (χ3n) is 5.23. The van der Waals surface area contributed by atoms with Gasteiger partial charge in [0.15, 0.2) is 5.78 Å². The van der Waals surface area contributed by atoms with Crippen molar-refractivity contribution in [3.05, 3.63) is 35.4 Å². The molecule has 0 unspecified atom stereocenters. The third-order valence-corrected chi connectivity index (χ3v) is 5.23. The van der Waals surface area contributed by atoms with Gasteiger partial charge in [-0.2, -0.15) is 0 Å². The molecule has 2 rings (SSSR count). The first-order valence-electron chi connectivity index (χ1n) is 8.77. The zero-order valence-electron chi connectivity index (χ0n) is 14.0. The predicted octanol–water partition coefficient (Wildman–Crippen LogP) is 5.24. The zero-order chi connectivity index (χ0) is 16.0. The third kappa shape index (κ3) is 3.85. The van der Waals surface area contributed by atoms with Crippen LogP contribution >= 0.6 is 0 Å². The fraction of sp³-hybridized carbons (Fsp3) is 0.600. The summed E-state index contributed by atoms with van der Waals surface area (Å²) >= 11 is 0. The highest BCUT2D eigenvalue weighted by molar-refractivity contribution is 5.95. The van der Waals surface area contributed by atoms with Gasteiger partial charge in [0.05, 0.1) is 0 Å². The highest BCUT2D eigenvalue weighted by Gasteiger charge is 2.33. The second-order valence-electron chi connectivity index (χ2n) is 6.59. The maximum atomic E-state index is 11.8. The molecule has 0 aliphatic heterocycles. The van der Waals surface area contributed by atoms with Gasteiger partial charge < -0.3 is 0 Å². The lowest BCUT2D eigenvalue weighted by atomic mass is 9.66. The van der Waals surface area contributed by atoms with Crippen molar-refractivity contribution in [3.8, 4) is 0 Å². The Kier molecular flexibility index (Phi) is 5.93. The Morgan fingerprint density at radius 2 is 1.59 bits per heavy atom. The van der Waals surface area contributed by atoms with Crippen molar-refractivity contribution in [1.29, 1.82) is 0 Å². The van der Waals surface area contributed by atoms with E-state index in [4.69, 9.17) is 0 Å². The SMILES string of the molecule is CCC(=O)CCC1(c2ccc(C(=O)CC)cc2)CCCCC1. The fourth-order valence-corrected chi connectivity index (χ4v) is 3.68. The summed E-state index contributed by atoms with van der Waals surface area (Å²) in [6, 6.07) is 8.20. The number of ketones is 2. The van der Waals surface area contributed by atoms with E-state index >= 15 is 0 Å². The van der Waals surface area contributed by atoms with Gasteiger partial charge in [-0.15, -0.1) is 0 Å². The van der Waals surface area contributed by atoms with Crippen LogP contribution in [0.5, 0.6) is 0 Å². The Balaban J connectivity index is 2.21. The molecule has 2 heteroatoms. The van der Waals surface area contributed by atoms with Gasteiger partial charge in [-0.3, -0.25) is 9.59 Å². The summed E-state index contributed by atoms with van der Waals surface area (Å²) in [7, 11) is 0. The molecule has 1 aromatic rings. The molecule has 0 atom stereocenters. The van der Waals surface area contributed by atoms with Gasteiger partial charge in [0.25, 0.3) is 0 Å². The summed E-state index contributed by atoms with van der Waals surface area (Å²) in [4.78, 5) is 23.6. The molecule has 1 saturated carbocycles. The minimum atomic E-state index is 0.150. The van der Waals surface area contributed by atoms with Crippen molar-refractivity contribution in [2.24, 2.45) is 0 Å². The van der Waals surface area contributed by atoms with E-state index in [1.165, 1.54) is 37.7 Å². The molecule has 22 heavy (non-hydrogen) atoms. The van der Waals surface area contributed by atoms with Crippen LogP contribution in [0.2, 0.25) is 0 Å². The van der Waals surface area contributed by atoms with Crippen molar-refractivity contribution in [1.82, 2.24) is 0 Å². The molecule has 0 aromatic heterocycles. The Morgan fingerprint density at radius 1 is 0.955 bits per heavy atom. The van der Waals surface area contributed by atoms with E-state index in [0.717, 1.165) is 12.0 Å². The van der Waals surface area contributed by atoms with Crippen LogP contribution in [0, 0.1) is 0 Å². The molecule has 0 saturated heterocycles. The molecule has 0 spiro atoms. The van der Waals surface area contributed by atoms with E-state index in [2.05, 4.69) is 12.1 Å². The second kappa shape index (κ2) is 7.71. The van der Waals surface area contributed by atoms with E-state index in [-0.39, 0.29) is 11.2 Å². The van der Waals surface area contributed by atoms with Crippen LogP contribution in [0.1, 0.15) is 87.6 Å². The molecule has 0 amide bonds. The van der Waals surface area contributed by atoms with Crippen molar-refractivity contribution >= 4 is 11.6 Å². The quantitative estimate of drug-likeness (QED) is 0.645. The monoisotopic (exact) mass is 300 g/mol. The minimum Gasteiger partial charge on any atom is -0.300 e. The summed E-state index contributed by atoms with van der Waals surface area (Å²) in [6.45, 7) is 3.84. The fourth-order valence-electron chi connectivity index (χ4n) is 3.68. The average molecular weight is 300 g/mol. The van der Waals surface area contributed by atoms with Gasteiger partial charge in [0, 0.05) is 24.8 Å². The molecule has 1 aliphatic rings. The zero-order valence-corrected chi connectivity index (χ0v) is 14.0. The summed E-state index contributed by atoms with van der Waals surface area (Å²) in [6.07, 6.45) is 8.97. The van der Waals surface area contributed by atoms with Crippen molar-refractivity contribution in [3.63, 3.8) is 0 Å². The predicted molar refractivity (Wildman–Crippen MR) is 90.4 cm³/mol. The molecule has 120 valence electrons. The summed E-state index contributed by atoms with van der Waals surface area (Å²) < 4.78 is 0. The van der Waals surface area contributed by atoms with Crippen molar-refractivity contribution in [2.75, 3.05) is 0 Å². The van der Waals surface area contributed by atoms with Gasteiger partial charge in [0.1, 0.15) is 5.78 Å². The van der Waals surface area contributed by atoms with E-state index in [9.17, 15) is 9.59 Å². The van der Waals surface area contributed by atoms with Crippen LogP contribution in [-0.4, -0.2) is 11.6 Å². The molecule has 1 aromatic carbocycles. The van der Waals surface area contributed by atoms with Crippen LogP contribution in [0.15, 0.2) is 24.3 Å². The molecular formula is C20H28O2. The molecule has 1 fully saturated rings. The van der Waals surface area contributed by atoms with Crippen LogP contribution in [0.3, 0.4) is 0 Å². The number of Topliss-reactive ketones (excluding diaryl/α,β-unsaturated/α-hetero) is 2. The van der Waals surface area contributed by atoms with Gasteiger partial charge in [-0.05, 0) is 30.2 Å². The normalized spacial score (nSPS) is 17.2.